The molecule has 0 N–H and O–H groups in total. The highest BCUT2D eigenvalue weighted by Gasteiger charge is 2.10. The Morgan fingerprint density at radius 2 is 1.53 bits per heavy atom. The first-order chi connectivity index (χ1) is 8.09. The molecule has 0 saturated carbocycles. The number of halogens is 2. The van der Waals surface area contributed by atoms with Gasteiger partial charge in [0.15, 0.2) is 0 Å². The zero-order valence-electron chi connectivity index (χ0n) is 9.87. The Balaban J connectivity index is 2.52. The zero-order chi connectivity index (χ0) is 12.4. The minimum absolute atomic E-state index is 0.426. The van der Waals surface area contributed by atoms with Crippen molar-refractivity contribution >= 4 is 23.2 Å². The lowest BCUT2D eigenvalue weighted by molar-refractivity contribution is 0.867. The maximum atomic E-state index is 6.45. The molecule has 2 heteroatoms. The summed E-state index contributed by atoms with van der Waals surface area (Å²) < 4.78 is 0. The maximum absolute atomic E-state index is 6.45. The van der Waals surface area contributed by atoms with Crippen molar-refractivity contribution in [3.8, 4) is 11.1 Å². The van der Waals surface area contributed by atoms with Crippen LogP contribution in [0.5, 0.6) is 0 Å². The molecule has 17 heavy (non-hydrogen) atoms. The highest BCUT2D eigenvalue weighted by atomic mass is 35.5. The van der Waals surface area contributed by atoms with Crippen LogP contribution in [-0.4, -0.2) is 0 Å². The van der Waals surface area contributed by atoms with Crippen LogP contribution in [0, 0.1) is 0 Å². The minimum atomic E-state index is 0.426. The van der Waals surface area contributed by atoms with Crippen molar-refractivity contribution in [1.29, 1.82) is 0 Å². The van der Waals surface area contributed by atoms with Crippen molar-refractivity contribution in [2.45, 2.75) is 19.8 Å². The van der Waals surface area contributed by atoms with Crippen LogP contribution in [0.2, 0.25) is 10.0 Å². The Hall–Kier alpha value is -0.980. The van der Waals surface area contributed by atoms with Crippen molar-refractivity contribution in [1.82, 2.24) is 0 Å². The van der Waals surface area contributed by atoms with Gasteiger partial charge in [-0.25, -0.2) is 0 Å². The van der Waals surface area contributed by atoms with E-state index in [1.54, 1.807) is 0 Å². The average Bonchev–Trinajstić information content (AvgIpc) is 2.30. The predicted octanol–water partition coefficient (Wildman–Crippen LogP) is 5.78. The van der Waals surface area contributed by atoms with Crippen LogP contribution < -0.4 is 0 Å². The Labute approximate surface area is 112 Å². The van der Waals surface area contributed by atoms with Gasteiger partial charge in [-0.2, -0.15) is 0 Å². The second-order valence-electron chi connectivity index (χ2n) is 4.37. The molecule has 0 spiro atoms. The summed E-state index contributed by atoms with van der Waals surface area (Å²) in [6.45, 7) is 4.29. The van der Waals surface area contributed by atoms with Crippen LogP contribution >= 0.6 is 23.2 Å². The van der Waals surface area contributed by atoms with Crippen LogP contribution in [0.3, 0.4) is 0 Å². The Bertz CT molecular complexity index is 513. The van der Waals surface area contributed by atoms with E-state index in [1.807, 2.05) is 36.4 Å². The van der Waals surface area contributed by atoms with Crippen LogP contribution in [0.1, 0.15) is 25.3 Å². The summed E-state index contributed by atoms with van der Waals surface area (Å²) in [6.07, 6.45) is 0. The highest BCUT2D eigenvalue weighted by Crippen LogP contribution is 2.34. The van der Waals surface area contributed by atoms with Gasteiger partial charge in [-0.3, -0.25) is 0 Å². The van der Waals surface area contributed by atoms with Gasteiger partial charge in [0.25, 0.3) is 0 Å². The smallest absolute Gasteiger partial charge is 0.0518 e. The van der Waals surface area contributed by atoms with E-state index in [1.165, 1.54) is 5.56 Å². The van der Waals surface area contributed by atoms with E-state index >= 15 is 0 Å². The van der Waals surface area contributed by atoms with Crippen LogP contribution in [-0.2, 0) is 0 Å². The summed E-state index contributed by atoms with van der Waals surface area (Å²) >= 11 is 12.3. The number of rotatable bonds is 2. The van der Waals surface area contributed by atoms with Gasteiger partial charge in [-0.15, -0.1) is 0 Å². The fourth-order valence-electron chi connectivity index (χ4n) is 1.85. The lowest BCUT2D eigenvalue weighted by Gasteiger charge is -2.12. The lowest BCUT2D eigenvalue weighted by atomic mass is 9.97. The quantitative estimate of drug-likeness (QED) is 0.645. The van der Waals surface area contributed by atoms with E-state index in [-0.39, 0.29) is 0 Å². The SMILES string of the molecule is CC(C)c1cccc(-c2ccc(Cl)cc2)c1Cl. The van der Waals surface area contributed by atoms with Gasteiger partial charge in [0.2, 0.25) is 0 Å². The molecule has 0 aliphatic heterocycles. The molecule has 2 aromatic rings. The summed E-state index contributed by atoms with van der Waals surface area (Å²) in [5, 5.41) is 1.58. The summed E-state index contributed by atoms with van der Waals surface area (Å²) in [6, 6.07) is 13.9. The molecule has 0 bridgehead atoms. The third-order valence-corrected chi connectivity index (χ3v) is 3.48. The van der Waals surface area contributed by atoms with Crippen LogP contribution in [0.25, 0.3) is 11.1 Å². The predicted molar refractivity (Wildman–Crippen MR) is 76.0 cm³/mol. The third-order valence-electron chi connectivity index (χ3n) is 2.81. The number of hydrogen-bond donors (Lipinski definition) is 0. The first-order valence-electron chi connectivity index (χ1n) is 5.64. The summed E-state index contributed by atoms with van der Waals surface area (Å²) in [7, 11) is 0. The second kappa shape index (κ2) is 5.12. The van der Waals surface area contributed by atoms with E-state index in [0.717, 1.165) is 21.2 Å². The fraction of sp³-hybridized carbons (Fsp3) is 0.200. The molecule has 0 aliphatic rings. The Morgan fingerprint density at radius 1 is 0.882 bits per heavy atom. The molecular weight excluding hydrogens is 251 g/mol. The summed E-state index contributed by atoms with van der Waals surface area (Å²) in [5.41, 5.74) is 3.34. The monoisotopic (exact) mass is 264 g/mol. The van der Waals surface area contributed by atoms with Gasteiger partial charge in [0, 0.05) is 10.6 Å². The first-order valence-corrected chi connectivity index (χ1v) is 6.39. The molecule has 0 amide bonds. The van der Waals surface area contributed by atoms with Gasteiger partial charge in [-0.05, 0) is 29.2 Å². The maximum Gasteiger partial charge on any atom is 0.0518 e. The van der Waals surface area contributed by atoms with E-state index in [0.29, 0.717) is 5.92 Å². The molecule has 2 aromatic carbocycles. The minimum Gasteiger partial charge on any atom is -0.0843 e. The lowest BCUT2D eigenvalue weighted by Crippen LogP contribution is -1.90. The number of hydrogen-bond acceptors (Lipinski definition) is 0. The molecule has 0 radical (unpaired) electrons. The highest BCUT2D eigenvalue weighted by molar-refractivity contribution is 6.34. The Kier molecular flexibility index (Phi) is 3.76. The van der Waals surface area contributed by atoms with E-state index in [9.17, 15) is 0 Å². The molecule has 0 heterocycles. The normalized spacial score (nSPS) is 10.9. The molecule has 0 saturated heterocycles. The first kappa shape index (κ1) is 12.5. The van der Waals surface area contributed by atoms with Crippen molar-refractivity contribution < 1.29 is 0 Å². The van der Waals surface area contributed by atoms with E-state index in [4.69, 9.17) is 23.2 Å². The van der Waals surface area contributed by atoms with Crippen LogP contribution in [0.4, 0.5) is 0 Å². The fourth-order valence-corrected chi connectivity index (χ4v) is 2.43. The van der Waals surface area contributed by atoms with Crippen molar-refractivity contribution in [2.75, 3.05) is 0 Å². The van der Waals surface area contributed by atoms with Crippen molar-refractivity contribution in [3.63, 3.8) is 0 Å². The molecule has 0 fully saturated rings. The second-order valence-corrected chi connectivity index (χ2v) is 5.18. The van der Waals surface area contributed by atoms with Gasteiger partial charge < -0.3 is 0 Å². The molecule has 0 unspecified atom stereocenters. The van der Waals surface area contributed by atoms with Gasteiger partial charge in [-0.1, -0.05) is 67.4 Å². The molecule has 2 rings (SSSR count). The third kappa shape index (κ3) is 2.65. The molecule has 0 aromatic heterocycles. The van der Waals surface area contributed by atoms with Crippen LogP contribution in [0.15, 0.2) is 42.5 Å². The van der Waals surface area contributed by atoms with Gasteiger partial charge >= 0.3 is 0 Å². The van der Waals surface area contributed by atoms with Crippen molar-refractivity contribution in [2.24, 2.45) is 0 Å². The average molecular weight is 265 g/mol. The zero-order valence-corrected chi connectivity index (χ0v) is 11.4. The summed E-state index contributed by atoms with van der Waals surface area (Å²) in [4.78, 5) is 0. The van der Waals surface area contributed by atoms with E-state index in [2.05, 4.69) is 19.9 Å². The largest absolute Gasteiger partial charge is 0.0843 e. The molecule has 0 atom stereocenters. The van der Waals surface area contributed by atoms with Gasteiger partial charge in [0.1, 0.15) is 0 Å². The standard InChI is InChI=1S/C15H14Cl2/c1-10(2)13-4-3-5-14(15(13)17)11-6-8-12(16)9-7-11/h3-10H,1-2H3. The van der Waals surface area contributed by atoms with E-state index < -0.39 is 0 Å². The topological polar surface area (TPSA) is 0 Å². The van der Waals surface area contributed by atoms with Gasteiger partial charge in [0.05, 0.1) is 5.02 Å². The summed E-state index contributed by atoms with van der Waals surface area (Å²) in [5.74, 6) is 0.426. The molecule has 0 aliphatic carbocycles. The molecule has 88 valence electrons. The molecule has 0 nitrogen and oxygen atoms in total. The van der Waals surface area contributed by atoms with Crippen molar-refractivity contribution in [3.05, 3.63) is 58.1 Å². The Morgan fingerprint density at radius 3 is 2.12 bits per heavy atom. The number of benzene rings is 2. The molecular formula is C15H14Cl2.